The van der Waals surface area contributed by atoms with Crippen molar-refractivity contribution in [3.63, 3.8) is 0 Å². The summed E-state index contributed by atoms with van der Waals surface area (Å²) in [6, 6.07) is 6.50. The van der Waals surface area contributed by atoms with Gasteiger partial charge in [-0.05, 0) is 30.4 Å². The average molecular weight is 423 g/mol. The summed E-state index contributed by atoms with van der Waals surface area (Å²) in [4.78, 5) is 27.8. The number of rotatable bonds is 2. The molecule has 1 aromatic carbocycles. The van der Waals surface area contributed by atoms with Crippen LogP contribution in [0.15, 0.2) is 24.3 Å². The lowest BCUT2D eigenvalue weighted by Crippen LogP contribution is -2.63. The molecule has 0 spiro atoms. The minimum absolute atomic E-state index is 0.0409. The van der Waals surface area contributed by atoms with Crippen LogP contribution >= 0.6 is 0 Å². The topological polar surface area (TPSA) is 61.9 Å². The number of nitrogens with one attached hydrogen (secondary N) is 1. The van der Waals surface area contributed by atoms with Crippen molar-refractivity contribution in [2.45, 2.75) is 48.9 Å². The van der Waals surface area contributed by atoms with E-state index in [2.05, 4.69) is 5.32 Å². The first kappa shape index (κ1) is 19.7. The second kappa shape index (κ2) is 6.87. The SMILES string of the molecule is O=C1CO[C@@H]2CCN(C(=O)N3CC(c4ccc(C5(C(F)(F)F)CC5)cc4)C3)CC2N1. The highest BCUT2D eigenvalue weighted by Crippen LogP contribution is 2.58. The molecule has 30 heavy (non-hydrogen) atoms. The van der Waals surface area contributed by atoms with Crippen molar-refractivity contribution in [3.05, 3.63) is 35.4 Å². The summed E-state index contributed by atoms with van der Waals surface area (Å²) in [6.45, 7) is 2.20. The van der Waals surface area contributed by atoms with E-state index in [4.69, 9.17) is 4.74 Å². The number of benzene rings is 1. The summed E-state index contributed by atoms with van der Waals surface area (Å²) in [5.74, 6) is -0.0178. The Morgan fingerprint density at radius 1 is 1.10 bits per heavy atom. The van der Waals surface area contributed by atoms with Crippen molar-refractivity contribution in [2.24, 2.45) is 0 Å². The molecule has 162 valence electrons. The molecule has 3 heterocycles. The fourth-order valence-electron chi connectivity index (χ4n) is 4.85. The molecule has 9 heteroatoms. The first-order valence-corrected chi connectivity index (χ1v) is 10.4. The molecule has 3 saturated heterocycles. The number of amides is 3. The molecule has 0 bridgehead atoms. The quantitative estimate of drug-likeness (QED) is 0.795. The van der Waals surface area contributed by atoms with Crippen LogP contribution in [0.4, 0.5) is 18.0 Å². The number of carbonyl (C=O) groups is 2. The molecule has 3 aliphatic heterocycles. The number of likely N-dealkylation sites (tertiary alicyclic amines) is 2. The predicted molar refractivity (Wildman–Crippen MR) is 101 cm³/mol. The molecular weight excluding hydrogens is 399 g/mol. The van der Waals surface area contributed by atoms with E-state index in [0.717, 1.165) is 5.56 Å². The Balaban J connectivity index is 1.17. The van der Waals surface area contributed by atoms with Gasteiger partial charge in [-0.3, -0.25) is 4.79 Å². The molecular formula is C21H24F3N3O3. The average Bonchev–Trinajstić information content (AvgIpc) is 3.49. The molecule has 4 fully saturated rings. The van der Waals surface area contributed by atoms with Crippen molar-refractivity contribution >= 4 is 11.9 Å². The summed E-state index contributed by atoms with van der Waals surface area (Å²) in [5.41, 5.74) is -0.351. The van der Waals surface area contributed by atoms with E-state index >= 15 is 0 Å². The van der Waals surface area contributed by atoms with Gasteiger partial charge < -0.3 is 19.9 Å². The van der Waals surface area contributed by atoms with Gasteiger partial charge in [0.1, 0.15) is 6.61 Å². The number of urea groups is 1. The van der Waals surface area contributed by atoms with Crippen LogP contribution in [0.3, 0.4) is 0 Å². The Hall–Kier alpha value is -2.29. The van der Waals surface area contributed by atoms with Gasteiger partial charge in [0.2, 0.25) is 5.91 Å². The van der Waals surface area contributed by atoms with Gasteiger partial charge in [-0.15, -0.1) is 0 Å². The predicted octanol–water partition coefficient (Wildman–Crippen LogP) is 2.39. The van der Waals surface area contributed by atoms with Crippen LogP contribution in [0, 0.1) is 0 Å². The van der Waals surface area contributed by atoms with Gasteiger partial charge in [-0.1, -0.05) is 24.3 Å². The van der Waals surface area contributed by atoms with E-state index in [9.17, 15) is 22.8 Å². The third-order valence-electron chi connectivity index (χ3n) is 6.97. The number of carbonyl (C=O) groups excluding carboxylic acids is 2. The third kappa shape index (κ3) is 3.23. The number of hydrogen-bond donors (Lipinski definition) is 1. The molecule has 6 nitrogen and oxygen atoms in total. The summed E-state index contributed by atoms with van der Waals surface area (Å²) in [7, 11) is 0. The van der Waals surface area contributed by atoms with Gasteiger partial charge in [0.15, 0.2) is 0 Å². The molecule has 0 radical (unpaired) electrons. The molecule has 1 saturated carbocycles. The van der Waals surface area contributed by atoms with E-state index in [0.29, 0.717) is 38.2 Å². The molecule has 1 unspecified atom stereocenters. The van der Waals surface area contributed by atoms with Gasteiger partial charge >= 0.3 is 12.2 Å². The minimum Gasteiger partial charge on any atom is -0.366 e. The largest absolute Gasteiger partial charge is 0.398 e. The molecule has 4 aliphatic rings. The number of halogens is 3. The van der Waals surface area contributed by atoms with Gasteiger partial charge in [0.25, 0.3) is 0 Å². The Labute approximate surface area is 172 Å². The molecule has 2 atom stereocenters. The molecule has 1 N–H and O–H groups in total. The molecule has 3 amide bonds. The number of piperidine rings is 1. The molecule has 1 aromatic rings. The first-order chi connectivity index (χ1) is 14.3. The number of ether oxygens (including phenoxy) is 1. The van der Waals surface area contributed by atoms with Crippen LogP contribution in [0.5, 0.6) is 0 Å². The van der Waals surface area contributed by atoms with Gasteiger partial charge in [-0.25, -0.2) is 4.79 Å². The second-order valence-electron chi connectivity index (χ2n) is 8.84. The highest BCUT2D eigenvalue weighted by Gasteiger charge is 2.64. The zero-order valence-corrected chi connectivity index (χ0v) is 16.5. The van der Waals surface area contributed by atoms with Crippen LogP contribution in [0.1, 0.15) is 36.3 Å². The Morgan fingerprint density at radius 3 is 2.43 bits per heavy atom. The lowest BCUT2D eigenvalue weighted by atomic mass is 9.88. The van der Waals surface area contributed by atoms with Gasteiger partial charge in [0.05, 0.1) is 17.6 Å². The van der Waals surface area contributed by atoms with E-state index in [-0.39, 0.29) is 49.5 Å². The Kier molecular flexibility index (Phi) is 4.50. The van der Waals surface area contributed by atoms with Crippen LogP contribution in [0.2, 0.25) is 0 Å². The zero-order chi connectivity index (χ0) is 21.1. The monoisotopic (exact) mass is 423 g/mol. The Bertz CT molecular complexity index is 847. The van der Waals surface area contributed by atoms with Gasteiger partial charge in [-0.2, -0.15) is 13.2 Å². The van der Waals surface area contributed by atoms with E-state index < -0.39 is 11.6 Å². The van der Waals surface area contributed by atoms with Crippen LogP contribution in [-0.4, -0.2) is 72.8 Å². The fourth-order valence-corrected chi connectivity index (χ4v) is 4.85. The summed E-state index contributed by atoms with van der Waals surface area (Å²) in [6.07, 6.45) is -3.24. The molecule has 0 aromatic heterocycles. The van der Waals surface area contributed by atoms with Crippen molar-refractivity contribution in [1.29, 1.82) is 0 Å². The lowest BCUT2D eigenvalue weighted by molar-refractivity contribution is -0.160. The number of alkyl halides is 3. The maximum Gasteiger partial charge on any atom is 0.398 e. The highest BCUT2D eigenvalue weighted by atomic mass is 19.4. The normalized spacial score (nSPS) is 28.4. The fraction of sp³-hybridized carbons (Fsp3) is 0.619. The number of fused-ring (bicyclic) bond motifs is 1. The smallest absolute Gasteiger partial charge is 0.366 e. The third-order valence-corrected chi connectivity index (χ3v) is 6.97. The van der Waals surface area contributed by atoms with Crippen molar-refractivity contribution in [1.82, 2.24) is 15.1 Å². The maximum absolute atomic E-state index is 13.3. The number of nitrogens with zero attached hydrogens (tertiary/aromatic N) is 2. The van der Waals surface area contributed by atoms with Crippen LogP contribution < -0.4 is 5.32 Å². The summed E-state index contributed by atoms with van der Waals surface area (Å²) in [5, 5.41) is 2.89. The van der Waals surface area contributed by atoms with Crippen LogP contribution in [-0.2, 0) is 14.9 Å². The molecule has 1 aliphatic carbocycles. The first-order valence-electron chi connectivity index (χ1n) is 10.4. The highest BCUT2D eigenvalue weighted by molar-refractivity contribution is 5.79. The summed E-state index contributed by atoms with van der Waals surface area (Å²) >= 11 is 0. The van der Waals surface area contributed by atoms with Crippen molar-refractivity contribution < 1.29 is 27.5 Å². The van der Waals surface area contributed by atoms with E-state index in [1.54, 1.807) is 34.1 Å². The lowest BCUT2D eigenvalue weighted by Gasteiger charge is -2.46. The van der Waals surface area contributed by atoms with Crippen LogP contribution in [0.25, 0.3) is 0 Å². The standard InChI is InChI=1S/C21H24F3N3O3/c22-21(23,24)20(6-7-20)15-3-1-13(2-4-15)14-9-27(10-14)19(29)26-8-5-17-16(11-26)25-18(28)12-30-17/h1-4,14,16-17H,5-12H2,(H,25,28)/t16?,17-/m1/s1. The van der Waals surface area contributed by atoms with Gasteiger partial charge in [0, 0.05) is 32.1 Å². The van der Waals surface area contributed by atoms with E-state index in [1.807, 2.05) is 0 Å². The van der Waals surface area contributed by atoms with E-state index in [1.165, 1.54) is 0 Å². The zero-order valence-electron chi connectivity index (χ0n) is 16.5. The number of morpholine rings is 1. The molecule has 5 rings (SSSR count). The second-order valence-corrected chi connectivity index (χ2v) is 8.84. The van der Waals surface area contributed by atoms with Crippen molar-refractivity contribution in [3.8, 4) is 0 Å². The Morgan fingerprint density at radius 2 is 1.80 bits per heavy atom. The maximum atomic E-state index is 13.3. The summed E-state index contributed by atoms with van der Waals surface area (Å²) < 4.78 is 45.4. The van der Waals surface area contributed by atoms with Crippen molar-refractivity contribution in [2.75, 3.05) is 32.8 Å². The number of hydrogen-bond acceptors (Lipinski definition) is 3. The minimum atomic E-state index is -4.20.